The monoisotopic (exact) mass is 451 g/mol. The molecule has 3 aromatic carbocycles. The van der Waals surface area contributed by atoms with Gasteiger partial charge in [-0.15, -0.1) is 0 Å². The van der Waals surface area contributed by atoms with Gasteiger partial charge in [-0.1, -0.05) is 54.6 Å². The van der Waals surface area contributed by atoms with Gasteiger partial charge in [-0.05, 0) is 35.4 Å². The van der Waals surface area contributed by atoms with Crippen molar-refractivity contribution in [1.29, 1.82) is 0 Å². The van der Waals surface area contributed by atoms with Crippen LogP contribution in [-0.4, -0.2) is 32.3 Å². The Bertz CT molecular complexity index is 1260. The minimum absolute atomic E-state index is 0.122. The second-order valence-electron chi connectivity index (χ2n) is 7.20. The van der Waals surface area contributed by atoms with Gasteiger partial charge in [0.25, 0.3) is 14.9 Å². The Morgan fingerprint density at radius 3 is 2.44 bits per heavy atom. The highest BCUT2D eigenvalue weighted by atomic mass is 32.2. The van der Waals surface area contributed by atoms with Gasteiger partial charge < -0.3 is 15.7 Å². The number of carboxylic acid groups (broad SMARTS) is 1. The number of nitrogens with zero attached hydrogens (tertiary/aromatic N) is 2. The van der Waals surface area contributed by atoms with Crippen molar-refractivity contribution in [2.24, 2.45) is 10.9 Å². The summed E-state index contributed by atoms with van der Waals surface area (Å²) in [7, 11) is -4.10. The van der Waals surface area contributed by atoms with Crippen molar-refractivity contribution in [1.82, 2.24) is 0 Å². The van der Waals surface area contributed by atoms with E-state index in [4.69, 9.17) is 10.6 Å². The van der Waals surface area contributed by atoms with E-state index < -0.39 is 20.9 Å². The molecule has 0 radical (unpaired) electrons. The highest BCUT2D eigenvalue weighted by Gasteiger charge is 2.77. The van der Waals surface area contributed by atoms with Crippen molar-refractivity contribution in [2.75, 3.05) is 10.9 Å². The summed E-state index contributed by atoms with van der Waals surface area (Å²) in [5, 5.41) is 13.4. The average Bonchev–Trinajstić information content (AvgIpc) is 3.33. The third-order valence-corrected chi connectivity index (χ3v) is 7.37. The Labute approximate surface area is 185 Å². The minimum Gasteiger partial charge on any atom is -0.493 e. The van der Waals surface area contributed by atoms with Gasteiger partial charge in [-0.25, -0.2) is 17.5 Å². The van der Waals surface area contributed by atoms with Gasteiger partial charge in [0.1, 0.15) is 5.75 Å². The summed E-state index contributed by atoms with van der Waals surface area (Å²) in [6.45, 7) is 0.336. The van der Waals surface area contributed by atoms with Crippen LogP contribution >= 0.6 is 0 Å². The second-order valence-corrected chi connectivity index (χ2v) is 9.11. The number of benzene rings is 3. The lowest BCUT2D eigenvalue weighted by Crippen LogP contribution is -2.27. The third kappa shape index (κ3) is 3.56. The van der Waals surface area contributed by atoms with E-state index in [1.807, 2.05) is 24.3 Å². The SMILES string of the molecule is N/N=C/c1ccc(CCOc2cccc(C3(C(=O)O)N(c4ccccc4)S3(=O)=O)c2)cc1. The molecule has 0 amide bonds. The van der Waals surface area contributed by atoms with E-state index in [9.17, 15) is 18.3 Å². The fourth-order valence-corrected chi connectivity index (χ4v) is 5.69. The number of carboxylic acids is 1. The molecule has 1 fully saturated rings. The molecule has 3 N–H and O–H groups in total. The number of aliphatic carboxylic acids is 1. The summed E-state index contributed by atoms with van der Waals surface area (Å²) in [6, 6.07) is 22.0. The topological polar surface area (TPSA) is 122 Å². The normalized spacial score (nSPS) is 19.1. The summed E-state index contributed by atoms with van der Waals surface area (Å²) < 4.78 is 32.4. The molecular formula is C23H21N3O5S. The zero-order valence-electron chi connectivity index (χ0n) is 17.0. The number of nitrogens with two attached hydrogens (primary N) is 1. The number of hydrogen-bond donors (Lipinski definition) is 2. The molecule has 0 bridgehead atoms. The molecular weight excluding hydrogens is 430 g/mol. The van der Waals surface area contributed by atoms with Crippen molar-refractivity contribution in [3.05, 3.63) is 95.6 Å². The van der Waals surface area contributed by atoms with Crippen molar-refractivity contribution >= 4 is 27.9 Å². The van der Waals surface area contributed by atoms with Crippen molar-refractivity contribution < 1.29 is 23.1 Å². The predicted molar refractivity (Wildman–Crippen MR) is 121 cm³/mol. The lowest BCUT2D eigenvalue weighted by Gasteiger charge is -2.12. The number of hydrazone groups is 1. The first kappa shape index (κ1) is 21.4. The molecule has 1 aliphatic heterocycles. The quantitative estimate of drug-likeness (QED) is 0.235. The molecule has 0 aromatic heterocycles. The fourth-order valence-electron chi connectivity index (χ4n) is 3.66. The Morgan fingerprint density at radius 1 is 1.06 bits per heavy atom. The summed E-state index contributed by atoms with van der Waals surface area (Å²) in [5.74, 6) is 4.07. The Kier molecular flexibility index (Phi) is 5.58. The first-order chi connectivity index (χ1) is 15.4. The van der Waals surface area contributed by atoms with Gasteiger partial charge in [0, 0.05) is 12.0 Å². The summed E-state index contributed by atoms with van der Waals surface area (Å²) in [6.07, 6.45) is 2.16. The highest BCUT2D eigenvalue weighted by molar-refractivity contribution is 8.02. The van der Waals surface area contributed by atoms with E-state index in [0.29, 0.717) is 24.5 Å². The van der Waals surface area contributed by atoms with Crippen LogP contribution in [0.5, 0.6) is 5.75 Å². The molecule has 9 heteroatoms. The van der Waals surface area contributed by atoms with Crippen LogP contribution in [0.15, 0.2) is 84.0 Å². The number of para-hydroxylation sites is 1. The van der Waals surface area contributed by atoms with Crippen LogP contribution in [0.25, 0.3) is 0 Å². The van der Waals surface area contributed by atoms with Crippen LogP contribution in [-0.2, 0) is 26.1 Å². The number of hydrogen-bond acceptors (Lipinski definition) is 6. The van der Waals surface area contributed by atoms with Crippen LogP contribution in [0.2, 0.25) is 0 Å². The lowest BCUT2D eigenvalue weighted by atomic mass is 10.1. The molecule has 1 saturated heterocycles. The number of carbonyl (C=O) groups is 1. The highest BCUT2D eigenvalue weighted by Crippen LogP contribution is 2.55. The maximum absolute atomic E-state index is 12.8. The molecule has 0 saturated carbocycles. The third-order valence-electron chi connectivity index (χ3n) is 5.24. The van der Waals surface area contributed by atoms with E-state index in [0.717, 1.165) is 15.4 Å². The van der Waals surface area contributed by atoms with E-state index >= 15 is 0 Å². The number of ether oxygens (including phenoxy) is 1. The molecule has 164 valence electrons. The predicted octanol–water partition coefficient (Wildman–Crippen LogP) is 2.69. The lowest BCUT2D eigenvalue weighted by molar-refractivity contribution is -0.138. The van der Waals surface area contributed by atoms with Crippen molar-refractivity contribution in [2.45, 2.75) is 11.3 Å². The fraction of sp³-hybridized carbons (Fsp3) is 0.130. The van der Waals surface area contributed by atoms with Crippen molar-refractivity contribution in [3.8, 4) is 5.75 Å². The molecule has 1 atom stereocenters. The number of sulfonamides is 1. The van der Waals surface area contributed by atoms with E-state index in [-0.39, 0.29) is 5.56 Å². The Hall–Kier alpha value is -3.85. The Balaban J connectivity index is 1.53. The molecule has 0 spiro atoms. The van der Waals surface area contributed by atoms with Gasteiger partial charge in [0.15, 0.2) is 0 Å². The van der Waals surface area contributed by atoms with Crippen LogP contribution < -0.4 is 14.9 Å². The molecule has 3 aromatic rings. The summed E-state index contributed by atoms with van der Waals surface area (Å²) in [5.41, 5.74) is 2.34. The minimum atomic E-state index is -4.10. The zero-order chi connectivity index (χ0) is 22.8. The van der Waals surface area contributed by atoms with E-state index in [1.54, 1.807) is 48.7 Å². The van der Waals surface area contributed by atoms with E-state index in [1.165, 1.54) is 12.1 Å². The van der Waals surface area contributed by atoms with Crippen LogP contribution in [0, 0.1) is 0 Å². The van der Waals surface area contributed by atoms with Gasteiger partial charge in [-0.3, -0.25) is 0 Å². The van der Waals surface area contributed by atoms with Crippen LogP contribution in [0.1, 0.15) is 16.7 Å². The second kappa shape index (κ2) is 8.35. The maximum atomic E-state index is 12.8. The van der Waals surface area contributed by atoms with Gasteiger partial charge in [0.05, 0.1) is 18.5 Å². The smallest absolute Gasteiger partial charge is 0.353 e. The number of rotatable bonds is 8. The zero-order valence-corrected chi connectivity index (χ0v) is 17.8. The standard InChI is InChI=1S/C23H21N3O5S/c24-25-16-18-11-9-17(10-12-18)13-14-31-21-8-4-5-19(15-21)23(22(27)28)26(32(23,29)30)20-6-2-1-3-7-20/h1-12,15-16H,13-14,24H2,(H,27,28)/b25-16+. The van der Waals surface area contributed by atoms with Gasteiger partial charge >= 0.3 is 5.97 Å². The Morgan fingerprint density at radius 2 is 1.78 bits per heavy atom. The van der Waals surface area contributed by atoms with Gasteiger partial charge in [-0.2, -0.15) is 5.10 Å². The molecule has 1 aliphatic rings. The van der Waals surface area contributed by atoms with Crippen LogP contribution in [0.3, 0.4) is 0 Å². The maximum Gasteiger partial charge on any atom is 0.353 e. The largest absolute Gasteiger partial charge is 0.493 e. The number of anilines is 1. The first-order valence-electron chi connectivity index (χ1n) is 9.80. The van der Waals surface area contributed by atoms with Crippen molar-refractivity contribution in [3.63, 3.8) is 0 Å². The van der Waals surface area contributed by atoms with Crippen LogP contribution in [0.4, 0.5) is 5.69 Å². The molecule has 8 nitrogen and oxygen atoms in total. The molecule has 32 heavy (non-hydrogen) atoms. The molecule has 1 unspecified atom stereocenters. The summed E-state index contributed by atoms with van der Waals surface area (Å²) in [4.78, 5) is 10.0. The van der Waals surface area contributed by atoms with E-state index in [2.05, 4.69) is 5.10 Å². The summed E-state index contributed by atoms with van der Waals surface area (Å²) >= 11 is 0. The molecule has 4 rings (SSSR count). The average molecular weight is 452 g/mol. The van der Waals surface area contributed by atoms with Gasteiger partial charge in [0.2, 0.25) is 0 Å². The first-order valence-corrected chi connectivity index (χ1v) is 11.2. The molecule has 0 aliphatic carbocycles. The molecule has 1 heterocycles.